The molecule has 2 nitrogen and oxygen atoms in total. The van der Waals surface area contributed by atoms with Gasteiger partial charge in [0.15, 0.2) is 0 Å². The van der Waals surface area contributed by atoms with Crippen LogP contribution in [0.1, 0.15) is 6.92 Å². The van der Waals surface area contributed by atoms with Crippen molar-refractivity contribution in [3.05, 3.63) is 11.8 Å². The van der Waals surface area contributed by atoms with Crippen molar-refractivity contribution in [1.29, 1.82) is 0 Å². The molecule has 0 saturated carbocycles. The van der Waals surface area contributed by atoms with Crippen molar-refractivity contribution in [3.8, 4) is 0 Å². The van der Waals surface area contributed by atoms with Crippen molar-refractivity contribution >= 4 is 0 Å². The van der Waals surface area contributed by atoms with E-state index in [1.54, 1.807) is 0 Å². The highest BCUT2D eigenvalue weighted by molar-refractivity contribution is 4.99. The predicted molar refractivity (Wildman–Crippen MR) is 23.9 cm³/mol. The Labute approximate surface area is 37.2 Å². The van der Waals surface area contributed by atoms with Crippen LogP contribution in [0.2, 0.25) is 0 Å². The van der Waals surface area contributed by atoms with E-state index in [-0.39, 0.29) is 0 Å². The van der Waals surface area contributed by atoms with E-state index in [1.165, 1.54) is 0 Å². The Morgan fingerprint density at radius 2 is 2.83 bits per heavy atom. The average molecular weight is 83.1 g/mol. The first-order valence-electron chi connectivity index (χ1n) is 1.99. The van der Waals surface area contributed by atoms with Gasteiger partial charge in [-0.2, -0.15) is 0 Å². The molecular weight excluding hydrogens is 76.1 g/mol. The Balaban J connectivity index is 2.45. The predicted octanol–water partition coefficient (Wildman–Crippen LogP) is 0.0128. The summed E-state index contributed by atoms with van der Waals surface area (Å²) in [5.41, 5.74) is 7.79. The molecule has 0 unspecified atom stereocenters. The lowest BCUT2D eigenvalue weighted by molar-refractivity contribution is 0.683. The van der Waals surface area contributed by atoms with Gasteiger partial charge in [0, 0.05) is 5.70 Å². The molecule has 6 heavy (non-hydrogen) atoms. The molecule has 33 valence electrons. The highest BCUT2D eigenvalue weighted by Crippen LogP contribution is 1.87. The van der Waals surface area contributed by atoms with Gasteiger partial charge in [0.05, 0.1) is 6.54 Å². The molecule has 0 bridgehead atoms. The SMILES string of the molecule is CC1=CC[N]N1. The second kappa shape index (κ2) is 1.30. The molecule has 0 amide bonds. The maximum atomic E-state index is 3.82. The van der Waals surface area contributed by atoms with Crippen molar-refractivity contribution < 1.29 is 0 Å². The molecule has 1 heterocycles. The zero-order valence-corrected chi connectivity index (χ0v) is 3.73. The van der Waals surface area contributed by atoms with E-state index in [0.29, 0.717) is 0 Å². The van der Waals surface area contributed by atoms with E-state index >= 15 is 0 Å². The molecule has 1 N–H and O–H groups in total. The van der Waals surface area contributed by atoms with E-state index in [9.17, 15) is 0 Å². The van der Waals surface area contributed by atoms with Crippen LogP contribution in [0.3, 0.4) is 0 Å². The first-order chi connectivity index (χ1) is 2.89. The van der Waals surface area contributed by atoms with Gasteiger partial charge in [-0.05, 0) is 13.0 Å². The monoisotopic (exact) mass is 83.1 g/mol. The molecule has 0 fully saturated rings. The number of nitrogens with one attached hydrogen (secondary N) is 1. The first kappa shape index (κ1) is 3.68. The lowest BCUT2D eigenvalue weighted by Crippen LogP contribution is -2.13. The van der Waals surface area contributed by atoms with E-state index in [2.05, 4.69) is 10.9 Å². The van der Waals surface area contributed by atoms with Crippen LogP contribution in [-0.2, 0) is 0 Å². The minimum absolute atomic E-state index is 0.839. The van der Waals surface area contributed by atoms with Crippen molar-refractivity contribution in [2.75, 3.05) is 6.54 Å². The third kappa shape index (κ3) is 0.518. The van der Waals surface area contributed by atoms with Crippen LogP contribution in [0.5, 0.6) is 0 Å². The van der Waals surface area contributed by atoms with Gasteiger partial charge in [-0.25, -0.2) is 0 Å². The van der Waals surface area contributed by atoms with Crippen LogP contribution in [-0.4, -0.2) is 6.54 Å². The van der Waals surface area contributed by atoms with Gasteiger partial charge in [-0.1, -0.05) is 0 Å². The lowest BCUT2D eigenvalue weighted by atomic mass is 10.5. The Kier molecular flexibility index (Phi) is 0.801. The Bertz CT molecular complexity index is 75.6. The molecule has 0 aromatic rings. The summed E-state index contributed by atoms with van der Waals surface area (Å²) < 4.78 is 0. The molecule has 1 rings (SSSR count). The quantitative estimate of drug-likeness (QED) is 0.438. The third-order valence-electron chi connectivity index (χ3n) is 0.744. The molecule has 0 aromatic carbocycles. The number of rotatable bonds is 0. The first-order valence-corrected chi connectivity index (χ1v) is 1.99. The average Bonchev–Trinajstić information content (AvgIpc) is 1.86. The highest BCUT2D eigenvalue weighted by atomic mass is 15.4. The van der Waals surface area contributed by atoms with Crippen molar-refractivity contribution in [2.24, 2.45) is 0 Å². The largest absolute Gasteiger partial charge is 0.308 e. The molecule has 0 saturated heterocycles. The van der Waals surface area contributed by atoms with E-state index < -0.39 is 0 Å². The summed E-state index contributed by atoms with van der Waals surface area (Å²) in [5.74, 6) is 0. The Morgan fingerprint density at radius 3 is 3.00 bits per heavy atom. The van der Waals surface area contributed by atoms with Gasteiger partial charge < -0.3 is 5.43 Å². The van der Waals surface area contributed by atoms with Crippen LogP contribution in [0.4, 0.5) is 0 Å². The zero-order valence-electron chi connectivity index (χ0n) is 3.73. The molecule has 1 aliphatic heterocycles. The zero-order chi connectivity index (χ0) is 4.41. The van der Waals surface area contributed by atoms with Crippen molar-refractivity contribution in [1.82, 2.24) is 10.9 Å². The molecule has 0 spiro atoms. The van der Waals surface area contributed by atoms with E-state index in [1.807, 2.05) is 13.0 Å². The van der Waals surface area contributed by atoms with Gasteiger partial charge in [-0.3, -0.25) is 0 Å². The molecule has 0 aliphatic carbocycles. The van der Waals surface area contributed by atoms with Gasteiger partial charge >= 0.3 is 0 Å². The summed E-state index contributed by atoms with van der Waals surface area (Å²) in [6, 6.07) is 0. The van der Waals surface area contributed by atoms with E-state index in [0.717, 1.165) is 12.2 Å². The fraction of sp³-hybridized carbons (Fsp3) is 0.500. The van der Waals surface area contributed by atoms with Gasteiger partial charge in [0.25, 0.3) is 0 Å². The fourth-order valence-corrected chi connectivity index (χ4v) is 0.399. The summed E-state index contributed by atoms with van der Waals surface area (Å²) in [5, 5.41) is 0. The second-order valence-corrected chi connectivity index (χ2v) is 1.34. The maximum absolute atomic E-state index is 3.82. The summed E-state index contributed by atoms with van der Waals surface area (Å²) in [6.45, 7) is 2.84. The smallest absolute Gasteiger partial charge is 0.0559 e. The molecule has 1 aliphatic rings. The van der Waals surface area contributed by atoms with Crippen molar-refractivity contribution in [2.45, 2.75) is 6.92 Å². The van der Waals surface area contributed by atoms with Crippen LogP contribution in [0.15, 0.2) is 11.8 Å². The Morgan fingerprint density at radius 1 is 2.00 bits per heavy atom. The van der Waals surface area contributed by atoms with Crippen LogP contribution < -0.4 is 10.9 Å². The lowest BCUT2D eigenvalue weighted by Gasteiger charge is -1.87. The fourth-order valence-electron chi connectivity index (χ4n) is 0.399. The molecular formula is C4H7N2. The second-order valence-electron chi connectivity index (χ2n) is 1.34. The Hall–Kier alpha value is -0.500. The standard InChI is InChI=1S/C4H7N2/c1-4-2-3-5-6-4/h2,6H,3H2,1H3. The van der Waals surface area contributed by atoms with Crippen LogP contribution in [0, 0.1) is 0 Å². The number of hydrogen-bond donors (Lipinski definition) is 1. The third-order valence-corrected chi connectivity index (χ3v) is 0.744. The summed E-state index contributed by atoms with van der Waals surface area (Å²) in [6.07, 6.45) is 2.04. The number of nitrogens with zero attached hydrogens (tertiary/aromatic N) is 1. The summed E-state index contributed by atoms with van der Waals surface area (Å²) in [4.78, 5) is 0. The molecule has 0 aromatic heterocycles. The normalized spacial score (nSPS) is 19.8. The van der Waals surface area contributed by atoms with Crippen LogP contribution in [0.25, 0.3) is 0 Å². The minimum atomic E-state index is 0.839. The summed E-state index contributed by atoms with van der Waals surface area (Å²) >= 11 is 0. The molecule has 2 heteroatoms. The number of hydrogen-bond acceptors (Lipinski definition) is 1. The van der Waals surface area contributed by atoms with Crippen LogP contribution >= 0.6 is 0 Å². The topological polar surface area (TPSA) is 26.1 Å². The van der Waals surface area contributed by atoms with Gasteiger partial charge in [0.2, 0.25) is 0 Å². The highest BCUT2D eigenvalue weighted by Gasteiger charge is 1.92. The molecule has 1 radical (unpaired) electrons. The summed E-state index contributed by atoms with van der Waals surface area (Å²) in [7, 11) is 0. The van der Waals surface area contributed by atoms with Gasteiger partial charge in [-0.15, -0.1) is 5.43 Å². The minimum Gasteiger partial charge on any atom is -0.308 e. The number of allylic oxidation sites excluding steroid dienone is 1. The van der Waals surface area contributed by atoms with Gasteiger partial charge in [0.1, 0.15) is 0 Å². The van der Waals surface area contributed by atoms with E-state index in [4.69, 9.17) is 0 Å². The maximum Gasteiger partial charge on any atom is 0.0559 e. The van der Waals surface area contributed by atoms with Crippen molar-refractivity contribution in [3.63, 3.8) is 0 Å². The molecule has 0 atom stereocenters.